The van der Waals surface area contributed by atoms with Crippen LogP contribution >= 0.6 is 0 Å². The molecule has 0 saturated carbocycles. The molecule has 0 aliphatic rings. The van der Waals surface area contributed by atoms with Crippen molar-refractivity contribution in [3.8, 4) is 17.0 Å². The van der Waals surface area contributed by atoms with Crippen molar-refractivity contribution in [2.45, 2.75) is 6.54 Å². The summed E-state index contributed by atoms with van der Waals surface area (Å²) in [5, 5.41) is 6.09. The van der Waals surface area contributed by atoms with Gasteiger partial charge in [0, 0.05) is 11.6 Å². The van der Waals surface area contributed by atoms with Crippen LogP contribution < -0.4 is 15.7 Å². The van der Waals surface area contributed by atoms with Crippen LogP contribution in [0.5, 0.6) is 5.75 Å². The van der Waals surface area contributed by atoms with Gasteiger partial charge in [-0.05, 0) is 36.4 Å². The van der Waals surface area contributed by atoms with E-state index in [9.17, 15) is 18.4 Å². The van der Waals surface area contributed by atoms with E-state index in [1.807, 2.05) is 0 Å². The lowest BCUT2D eigenvalue weighted by Gasteiger charge is -2.08. The summed E-state index contributed by atoms with van der Waals surface area (Å²) < 4.78 is 32.6. The first kappa shape index (κ1) is 18.2. The molecule has 0 aliphatic heterocycles. The van der Waals surface area contributed by atoms with Crippen molar-refractivity contribution in [2.75, 3.05) is 12.4 Å². The summed E-state index contributed by atoms with van der Waals surface area (Å²) in [4.78, 5) is 28.0. The summed E-state index contributed by atoms with van der Waals surface area (Å²) in [6.45, 7) is -0.495. The van der Waals surface area contributed by atoms with Crippen molar-refractivity contribution < 1.29 is 18.3 Å². The third-order valence-electron chi connectivity index (χ3n) is 3.64. The van der Waals surface area contributed by atoms with Gasteiger partial charge in [-0.3, -0.25) is 4.79 Å². The highest BCUT2D eigenvalue weighted by Gasteiger charge is 2.12. The molecule has 0 bridgehead atoms. The van der Waals surface area contributed by atoms with Gasteiger partial charge in [0.2, 0.25) is 5.91 Å². The number of amides is 1. The Labute approximate surface area is 152 Å². The van der Waals surface area contributed by atoms with Gasteiger partial charge < -0.3 is 10.1 Å². The van der Waals surface area contributed by atoms with Gasteiger partial charge in [0.15, 0.2) is 0 Å². The van der Waals surface area contributed by atoms with Gasteiger partial charge in [-0.2, -0.15) is 10.1 Å². The number of benzene rings is 2. The molecule has 1 aromatic heterocycles. The molecule has 0 atom stereocenters. The van der Waals surface area contributed by atoms with Gasteiger partial charge in [0.05, 0.1) is 24.7 Å². The third kappa shape index (κ3) is 4.32. The van der Waals surface area contributed by atoms with Gasteiger partial charge in [-0.25, -0.2) is 18.3 Å². The minimum absolute atomic E-state index is 0.323. The highest BCUT2D eigenvalue weighted by molar-refractivity contribution is 5.90. The molecule has 0 fully saturated rings. The molecule has 1 N–H and O–H groups in total. The molecule has 3 aromatic rings. The lowest BCUT2D eigenvalue weighted by Crippen LogP contribution is -2.31. The molecule has 1 amide bonds. The zero-order valence-corrected chi connectivity index (χ0v) is 14.1. The van der Waals surface area contributed by atoms with Crippen LogP contribution in [0.2, 0.25) is 0 Å². The largest absolute Gasteiger partial charge is 0.497 e. The fourth-order valence-corrected chi connectivity index (χ4v) is 2.29. The number of carbonyl (C=O) groups is 1. The van der Waals surface area contributed by atoms with Crippen molar-refractivity contribution in [3.63, 3.8) is 0 Å². The number of methoxy groups -OCH3 is 1. The number of nitrogens with one attached hydrogen (secondary N) is 1. The second-order valence-electron chi connectivity index (χ2n) is 5.48. The Balaban J connectivity index is 1.74. The topological polar surface area (TPSA) is 86.1 Å². The normalized spacial score (nSPS) is 10.5. The van der Waals surface area contributed by atoms with Crippen LogP contribution in [0.1, 0.15) is 0 Å². The van der Waals surface area contributed by atoms with Gasteiger partial charge >= 0.3 is 5.69 Å². The molecule has 138 valence electrons. The minimum Gasteiger partial charge on any atom is -0.497 e. The zero-order chi connectivity index (χ0) is 19.4. The molecular formula is C18H14F2N4O3. The van der Waals surface area contributed by atoms with Crippen LogP contribution in [0.25, 0.3) is 11.3 Å². The lowest BCUT2D eigenvalue weighted by atomic mass is 10.1. The van der Waals surface area contributed by atoms with E-state index < -0.39 is 29.8 Å². The van der Waals surface area contributed by atoms with E-state index in [1.165, 1.54) is 13.3 Å². The number of nitrogens with zero attached hydrogens (tertiary/aromatic N) is 3. The molecule has 0 spiro atoms. The van der Waals surface area contributed by atoms with E-state index in [0.29, 0.717) is 17.0 Å². The van der Waals surface area contributed by atoms with Crippen molar-refractivity contribution in [2.24, 2.45) is 0 Å². The average molecular weight is 372 g/mol. The Morgan fingerprint density at radius 1 is 1.19 bits per heavy atom. The number of hydrogen-bond donors (Lipinski definition) is 1. The molecule has 3 rings (SSSR count). The zero-order valence-electron chi connectivity index (χ0n) is 14.1. The predicted molar refractivity (Wildman–Crippen MR) is 93.3 cm³/mol. The maximum atomic E-state index is 13.6. The van der Waals surface area contributed by atoms with E-state index in [-0.39, 0.29) is 5.69 Å². The monoisotopic (exact) mass is 372 g/mol. The highest BCUT2D eigenvalue weighted by Crippen LogP contribution is 2.19. The summed E-state index contributed by atoms with van der Waals surface area (Å²) in [7, 11) is 1.54. The van der Waals surface area contributed by atoms with Crippen molar-refractivity contribution in [1.82, 2.24) is 14.8 Å². The Morgan fingerprint density at radius 3 is 2.59 bits per heavy atom. The maximum absolute atomic E-state index is 13.6. The summed E-state index contributed by atoms with van der Waals surface area (Å²) in [5.74, 6) is -1.58. The van der Waals surface area contributed by atoms with Crippen LogP contribution in [0.15, 0.2) is 53.5 Å². The van der Waals surface area contributed by atoms with E-state index >= 15 is 0 Å². The average Bonchev–Trinajstić information content (AvgIpc) is 2.66. The van der Waals surface area contributed by atoms with Crippen LogP contribution in [0, 0.1) is 11.6 Å². The highest BCUT2D eigenvalue weighted by atomic mass is 19.1. The van der Waals surface area contributed by atoms with Gasteiger partial charge in [0.25, 0.3) is 0 Å². The van der Waals surface area contributed by atoms with Gasteiger partial charge in [0.1, 0.15) is 23.9 Å². The summed E-state index contributed by atoms with van der Waals surface area (Å²) in [6, 6.07) is 9.51. The van der Waals surface area contributed by atoms with Gasteiger partial charge in [-0.1, -0.05) is 0 Å². The van der Waals surface area contributed by atoms with Crippen molar-refractivity contribution >= 4 is 11.6 Å². The molecule has 0 aliphatic carbocycles. The Kier molecular flexibility index (Phi) is 5.20. The Morgan fingerprint density at radius 2 is 1.93 bits per heavy atom. The minimum atomic E-state index is -0.793. The molecule has 0 saturated heterocycles. The summed E-state index contributed by atoms with van der Waals surface area (Å²) in [6.07, 6.45) is 1.33. The summed E-state index contributed by atoms with van der Waals surface area (Å²) in [5.41, 5.74) is -0.0941. The number of carbonyl (C=O) groups excluding carboxylic acids is 1. The second-order valence-corrected chi connectivity index (χ2v) is 5.48. The smallest absolute Gasteiger partial charge is 0.365 e. The van der Waals surface area contributed by atoms with E-state index in [4.69, 9.17) is 4.74 Å². The summed E-state index contributed by atoms with van der Waals surface area (Å²) >= 11 is 0. The molecule has 27 heavy (non-hydrogen) atoms. The van der Waals surface area contributed by atoms with Crippen LogP contribution in [0.3, 0.4) is 0 Å². The predicted octanol–water partition coefficient (Wildman–Crippen LogP) is 2.23. The molecule has 0 unspecified atom stereocenters. The quantitative estimate of drug-likeness (QED) is 0.742. The SMILES string of the molecule is COc1ccc(-c2cnn(CC(=O)Nc3cc(F)ccc3F)c(=O)n2)cc1. The lowest BCUT2D eigenvalue weighted by molar-refractivity contribution is -0.117. The van der Waals surface area contributed by atoms with Crippen LogP contribution in [-0.4, -0.2) is 27.8 Å². The molecule has 0 radical (unpaired) electrons. The fourth-order valence-electron chi connectivity index (χ4n) is 2.29. The molecule has 2 aromatic carbocycles. The van der Waals surface area contributed by atoms with Crippen molar-refractivity contribution in [1.29, 1.82) is 0 Å². The Hall–Kier alpha value is -3.62. The van der Waals surface area contributed by atoms with E-state index in [2.05, 4.69) is 15.4 Å². The number of rotatable bonds is 5. The Bertz CT molecular complexity index is 1040. The van der Waals surface area contributed by atoms with Gasteiger partial charge in [-0.15, -0.1) is 0 Å². The number of hydrogen-bond acceptors (Lipinski definition) is 5. The van der Waals surface area contributed by atoms with Crippen molar-refractivity contribution in [3.05, 3.63) is 70.8 Å². The number of ether oxygens (including phenoxy) is 1. The maximum Gasteiger partial charge on any atom is 0.365 e. The van der Waals surface area contributed by atoms with E-state index in [1.54, 1.807) is 24.3 Å². The van der Waals surface area contributed by atoms with E-state index in [0.717, 1.165) is 22.9 Å². The molecule has 9 heteroatoms. The first-order valence-electron chi connectivity index (χ1n) is 7.80. The molecule has 1 heterocycles. The number of halogens is 2. The standard InChI is InChI=1S/C18H14F2N4O3/c1-27-13-5-2-11(3-6-13)16-9-21-24(18(26)23-16)10-17(25)22-15-8-12(19)4-7-14(15)20/h2-9H,10H2,1H3,(H,22,25). The number of anilines is 1. The first-order valence-corrected chi connectivity index (χ1v) is 7.80. The van der Waals surface area contributed by atoms with Crippen LogP contribution in [-0.2, 0) is 11.3 Å². The molecular weight excluding hydrogens is 358 g/mol. The fraction of sp³-hybridized carbons (Fsp3) is 0.111. The molecule has 7 nitrogen and oxygen atoms in total. The second kappa shape index (κ2) is 7.73. The third-order valence-corrected chi connectivity index (χ3v) is 3.64. The van der Waals surface area contributed by atoms with Crippen LogP contribution in [0.4, 0.5) is 14.5 Å². The number of aromatic nitrogens is 3. The first-order chi connectivity index (χ1) is 13.0.